The maximum absolute atomic E-state index is 2.46. The molecule has 2 aliphatic carbocycles. The summed E-state index contributed by atoms with van der Waals surface area (Å²) in [5.41, 5.74) is 19.3. The molecule has 0 spiro atoms. The highest BCUT2D eigenvalue weighted by Gasteiger charge is 2.46. The molecular weight excluding hydrogens is 1060 g/mol. The van der Waals surface area contributed by atoms with Crippen molar-refractivity contribution in [3.8, 4) is 27.9 Å². The van der Waals surface area contributed by atoms with Crippen molar-refractivity contribution < 1.29 is 0 Å². The van der Waals surface area contributed by atoms with Gasteiger partial charge in [-0.15, -0.1) is 0 Å². The Labute approximate surface area is 530 Å². The van der Waals surface area contributed by atoms with Gasteiger partial charge >= 0.3 is 0 Å². The summed E-state index contributed by atoms with van der Waals surface area (Å²) in [5, 5.41) is 5.27. The van der Waals surface area contributed by atoms with E-state index in [0.717, 1.165) is 24.2 Å². The van der Waals surface area contributed by atoms with Crippen molar-refractivity contribution >= 4 is 32.6 Å². The molecule has 1 saturated carbocycles. The molecule has 14 rings (SSSR count). The molecule has 2 atom stereocenters. The van der Waals surface area contributed by atoms with Gasteiger partial charge in [0.1, 0.15) is 0 Å². The van der Waals surface area contributed by atoms with Gasteiger partial charge in [-0.2, -0.15) is 0 Å². The lowest BCUT2D eigenvalue weighted by Gasteiger charge is -2.34. The molecule has 0 saturated heterocycles. The number of unbranched alkanes of at least 4 members (excludes halogenated alkanes) is 2. The Balaban J connectivity index is 0.000000158. The van der Waals surface area contributed by atoms with Crippen LogP contribution < -0.4 is 0 Å². The van der Waals surface area contributed by atoms with Gasteiger partial charge in [0.15, 0.2) is 0 Å². The number of hydrogen-bond acceptors (Lipinski definition) is 0. The van der Waals surface area contributed by atoms with Crippen LogP contribution in [0.15, 0.2) is 273 Å². The summed E-state index contributed by atoms with van der Waals surface area (Å²) in [5.74, 6) is 3.04. The SMILES string of the molecule is CC1CC1C.CCC(C)CC.CCCC.CCCC.Cc1cccc(Cc2ccc3c(c2)C(c2ccccc2)(c2ccccc2)c2ccccc2-3)c1.Cc1cccc2ccccc12.c1ccc(-c2ccc3c(c2)c2ccccc2n3-c2ccccc2)cc1. The zero-order valence-electron chi connectivity index (χ0n) is 54.8. The molecule has 2 aliphatic rings. The van der Waals surface area contributed by atoms with E-state index in [-0.39, 0.29) is 5.41 Å². The van der Waals surface area contributed by atoms with Crippen molar-refractivity contribution in [3.05, 3.63) is 317 Å². The molecule has 0 bridgehead atoms. The Bertz CT molecular complexity index is 3940. The van der Waals surface area contributed by atoms with Crippen molar-refractivity contribution in [1.82, 2.24) is 4.57 Å². The van der Waals surface area contributed by atoms with Gasteiger partial charge in [0.05, 0.1) is 16.4 Å². The van der Waals surface area contributed by atoms with E-state index in [1.54, 1.807) is 0 Å². The van der Waals surface area contributed by atoms with Gasteiger partial charge in [-0.1, -0.05) is 349 Å². The summed E-state index contributed by atoms with van der Waals surface area (Å²) in [6, 6.07) is 98.3. The predicted octanol–water partition coefficient (Wildman–Crippen LogP) is 25.3. The van der Waals surface area contributed by atoms with Crippen LogP contribution in [0, 0.1) is 31.6 Å². The van der Waals surface area contributed by atoms with E-state index in [0.29, 0.717) is 0 Å². The molecule has 1 aromatic heterocycles. The molecule has 1 fully saturated rings. The first-order valence-corrected chi connectivity index (χ1v) is 33.0. The first-order chi connectivity index (χ1) is 43.0. The Morgan fingerprint density at radius 1 is 0.398 bits per heavy atom. The summed E-state index contributed by atoms with van der Waals surface area (Å²) in [6.45, 7) is 24.4. The molecule has 2 unspecified atom stereocenters. The van der Waals surface area contributed by atoms with Crippen LogP contribution in [0.3, 0.4) is 0 Å². The fraction of sp³-hybridized carbons (Fsp3) is 0.264. The van der Waals surface area contributed by atoms with Gasteiger partial charge in [-0.25, -0.2) is 0 Å². The standard InChI is InChI=1S/C33H26.C24H17N.C11H10.C6H14.C5H10.2C4H10/c1-24-11-10-12-25(21-24)22-26-19-20-30-29-17-8-9-18-31(29)33(32(30)23-26,27-13-4-2-5-14-27)28-15-6-3-7-16-28;1-3-9-18(10-4-1)19-15-16-24-22(17-19)21-13-7-8-14-23(21)25(24)20-11-5-2-6-12-20;1-9-5-4-7-10-6-2-3-8-11(9)10;1-4-6(3)5-2;1-4-3-5(4)2;2*1-3-4-2/h2-21,23H,22H2,1H3;1-17H;2-8H,1H3;6H,4-5H2,1-3H3;4-5H,3H2,1-2H3;2*3-4H2,1-2H3. The monoisotopic (exact) mass is 1160 g/mol. The topological polar surface area (TPSA) is 4.93 Å². The minimum Gasteiger partial charge on any atom is -0.309 e. The molecule has 0 N–H and O–H groups in total. The molecule has 11 aromatic carbocycles. The molecule has 0 aliphatic heterocycles. The summed E-state index contributed by atoms with van der Waals surface area (Å²) < 4.78 is 2.35. The van der Waals surface area contributed by atoms with Crippen LogP contribution >= 0.6 is 0 Å². The number of rotatable bonds is 10. The van der Waals surface area contributed by atoms with Gasteiger partial charge in [0.2, 0.25) is 0 Å². The van der Waals surface area contributed by atoms with Crippen molar-refractivity contribution in [2.45, 2.75) is 133 Å². The molecular formula is C87H97N. The predicted molar refractivity (Wildman–Crippen MR) is 386 cm³/mol. The van der Waals surface area contributed by atoms with Gasteiger partial charge in [-0.3, -0.25) is 0 Å². The molecule has 450 valence electrons. The Morgan fingerprint density at radius 2 is 0.886 bits per heavy atom. The second-order valence-electron chi connectivity index (χ2n) is 24.3. The van der Waals surface area contributed by atoms with E-state index in [1.807, 2.05) is 0 Å². The first kappa shape index (κ1) is 65.5. The van der Waals surface area contributed by atoms with Crippen molar-refractivity contribution in [2.75, 3.05) is 0 Å². The number of hydrogen-bond donors (Lipinski definition) is 0. The minimum atomic E-state index is -0.322. The van der Waals surface area contributed by atoms with Gasteiger partial charge in [0.25, 0.3) is 0 Å². The van der Waals surface area contributed by atoms with Crippen LogP contribution in [0.1, 0.15) is 152 Å². The highest BCUT2D eigenvalue weighted by molar-refractivity contribution is 6.10. The molecule has 88 heavy (non-hydrogen) atoms. The lowest BCUT2D eigenvalue weighted by molar-refractivity contribution is 0.544. The maximum Gasteiger partial charge on any atom is 0.0713 e. The van der Waals surface area contributed by atoms with Crippen LogP contribution in [-0.4, -0.2) is 4.57 Å². The van der Waals surface area contributed by atoms with E-state index in [9.17, 15) is 0 Å². The summed E-state index contributed by atoms with van der Waals surface area (Å²) in [4.78, 5) is 0. The average Bonchev–Trinajstić information content (AvgIpc) is 1.63. The van der Waals surface area contributed by atoms with Crippen LogP contribution in [0.25, 0.3) is 60.5 Å². The quantitative estimate of drug-likeness (QED) is 0.129. The smallest absolute Gasteiger partial charge is 0.0713 e. The Kier molecular flexibility index (Phi) is 24.5. The zero-order chi connectivity index (χ0) is 62.3. The molecule has 1 heteroatoms. The molecule has 0 amide bonds. The number of nitrogens with zero attached hydrogens (tertiary/aromatic N) is 1. The van der Waals surface area contributed by atoms with Crippen LogP contribution in [0.5, 0.6) is 0 Å². The second-order valence-corrected chi connectivity index (χ2v) is 24.3. The lowest BCUT2D eigenvalue weighted by Crippen LogP contribution is -2.28. The highest BCUT2D eigenvalue weighted by Crippen LogP contribution is 2.56. The third kappa shape index (κ3) is 16.4. The number of para-hydroxylation sites is 2. The number of aromatic nitrogens is 1. The minimum absolute atomic E-state index is 0.322. The molecule has 1 heterocycles. The van der Waals surface area contributed by atoms with Crippen LogP contribution in [-0.2, 0) is 11.8 Å². The normalized spacial score (nSPS) is 13.6. The number of benzene rings is 11. The van der Waals surface area contributed by atoms with Gasteiger partial charge in [-0.05, 0) is 147 Å². The fourth-order valence-corrected chi connectivity index (χ4v) is 11.5. The van der Waals surface area contributed by atoms with E-state index >= 15 is 0 Å². The first-order valence-electron chi connectivity index (χ1n) is 33.0. The summed E-state index contributed by atoms with van der Waals surface area (Å²) >= 11 is 0. The van der Waals surface area contributed by atoms with E-state index in [1.165, 1.54) is 150 Å². The summed E-state index contributed by atoms with van der Waals surface area (Å²) in [6.07, 6.45) is 10.3. The van der Waals surface area contributed by atoms with Crippen molar-refractivity contribution in [1.29, 1.82) is 0 Å². The fourth-order valence-electron chi connectivity index (χ4n) is 11.5. The van der Waals surface area contributed by atoms with Gasteiger partial charge in [0, 0.05) is 16.5 Å². The van der Waals surface area contributed by atoms with Crippen LogP contribution in [0.2, 0.25) is 0 Å². The van der Waals surface area contributed by atoms with Crippen molar-refractivity contribution in [3.63, 3.8) is 0 Å². The van der Waals surface area contributed by atoms with E-state index in [4.69, 9.17) is 0 Å². The third-order valence-corrected chi connectivity index (χ3v) is 17.7. The molecule has 0 radical (unpaired) electrons. The third-order valence-electron chi connectivity index (χ3n) is 17.7. The second kappa shape index (κ2) is 33.0. The number of aryl methyl sites for hydroxylation is 2. The van der Waals surface area contributed by atoms with Crippen molar-refractivity contribution in [2.24, 2.45) is 17.8 Å². The van der Waals surface area contributed by atoms with Crippen LogP contribution in [0.4, 0.5) is 0 Å². The summed E-state index contributed by atoms with van der Waals surface area (Å²) in [7, 11) is 0. The molecule has 1 nitrogen and oxygen atoms in total. The Hall–Kier alpha value is -8.52. The zero-order valence-corrected chi connectivity index (χ0v) is 54.8. The highest BCUT2D eigenvalue weighted by atomic mass is 15.0. The van der Waals surface area contributed by atoms with Gasteiger partial charge < -0.3 is 4.57 Å². The largest absolute Gasteiger partial charge is 0.309 e. The van der Waals surface area contributed by atoms with E-state index < -0.39 is 0 Å². The number of fused-ring (bicyclic) bond motifs is 7. The average molecular weight is 1160 g/mol. The molecule has 12 aromatic rings. The van der Waals surface area contributed by atoms with E-state index in [2.05, 4.69) is 354 Å². The lowest BCUT2D eigenvalue weighted by atomic mass is 9.67. The Morgan fingerprint density at radius 3 is 1.45 bits per heavy atom. The maximum atomic E-state index is 2.46.